The van der Waals surface area contributed by atoms with Crippen LogP contribution in [0.1, 0.15) is 67.2 Å². The van der Waals surface area contributed by atoms with E-state index in [-0.39, 0.29) is 36.1 Å². The number of nitrogens with zero attached hydrogens (tertiary/aromatic N) is 1. The summed E-state index contributed by atoms with van der Waals surface area (Å²) in [5.74, 6) is -1.19. The van der Waals surface area contributed by atoms with Crippen LogP contribution in [-0.4, -0.2) is 63.8 Å². The first kappa shape index (κ1) is 22.1. The average Bonchev–Trinajstić information content (AvgIpc) is 2.89. The van der Waals surface area contributed by atoms with Crippen LogP contribution >= 0.6 is 0 Å². The molecule has 0 radical (unpaired) electrons. The third-order valence-corrected chi connectivity index (χ3v) is 5.64. The van der Waals surface area contributed by atoms with Gasteiger partial charge < -0.3 is 25.2 Å². The van der Waals surface area contributed by atoms with Crippen LogP contribution in [0, 0.1) is 0 Å². The van der Waals surface area contributed by atoms with Crippen molar-refractivity contribution in [3.63, 3.8) is 0 Å². The molecular formula is C22H27N3O7. The molecule has 10 nitrogen and oxygen atoms in total. The van der Waals surface area contributed by atoms with Crippen molar-refractivity contribution in [2.24, 2.45) is 0 Å². The highest BCUT2D eigenvalue weighted by Gasteiger charge is 2.45. The van der Waals surface area contributed by atoms with E-state index in [2.05, 4.69) is 10.6 Å². The smallest absolute Gasteiger partial charge is 0.407 e. The summed E-state index contributed by atoms with van der Waals surface area (Å²) < 4.78 is 11.1. The minimum atomic E-state index is -0.968. The van der Waals surface area contributed by atoms with E-state index in [0.29, 0.717) is 18.6 Å². The van der Waals surface area contributed by atoms with Gasteiger partial charge in [-0.25, -0.2) is 4.79 Å². The second-order valence-corrected chi connectivity index (χ2v) is 9.36. The Morgan fingerprint density at radius 1 is 1.12 bits per heavy atom. The molecule has 4 rings (SSSR count). The van der Waals surface area contributed by atoms with Crippen molar-refractivity contribution in [2.75, 3.05) is 0 Å². The summed E-state index contributed by atoms with van der Waals surface area (Å²) in [5.41, 5.74) is -0.155. The fraction of sp³-hybridized carbons (Fsp3) is 0.545. The first-order valence-electron chi connectivity index (χ1n) is 10.7. The summed E-state index contributed by atoms with van der Waals surface area (Å²) in [6.07, 6.45) is 0.0857. The van der Waals surface area contributed by atoms with E-state index in [4.69, 9.17) is 9.47 Å². The van der Waals surface area contributed by atoms with Crippen molar-refractivity contribution in [3.05, 3.63) is 29.3 Å². The zero-order chi connectivity index (χ0) is 23.2. The van der Waals surface area contributed by atoms with Gasteiger partial charge in [0.1, 0.15) is 29.7 Å². The van der Waals surface area contributed by atoms with Gasteiger partial charge in [0.05, 0.1) is 11.1 Å². The van der Waals surface area contributed by atoms with Crippen molar-refractivity contribution in [1.82, 2.24) is 15.5 Å². The van der Waals surface area contributed by atoms with Crippen LogP contribution in [0.25, 0.3) is 0 Å². The molecule has 1 aromatic carbocycles. The van der Waals surface area contributed by atoms with Gasteiger partial charge in [0.25, 0.3) is 11.8 Å². The Labute approximate surface area is 185 Å². The zero-order valence-corrected chi connectivity index (χ0v) is 18.2. The number of rotatable bonds is 4. The molecule has 2 heterocycles. The van der Waals surface area contributed by atoms with E-state index in [1.807, 2.05) is 0 Å². The number of benzene rings is 1. The number of carbonyl (C=O) groups is 4. The normalized spacial score (nSPS) is 27.4. The Hall–Kier alpha value is -3.14. The summed E-state index contributed by atoms with van der Waals surface area (Å²) in [6, 6.07) is 3.66. The molecule has 3 aliphatic rings. The molecule has 2 unspecified atom stereocenters. The molecule has 3 N–H and O–H groups in total. The summed E-state index contributed by atoms with van der Waals surface area (Å²) in [4.78, 5) is 50.6. The number of carbonyl (C=O) groups excluding carboxylic acids is 4. The van der Waals surface area contributed by atoms with Crippen molar-refractivity contribution in [2.45, 2.75) is 76.5 Å². The number of amides is 4. The van der Waals surface area contributed by atoms with E-state index >= 15 is 0 Å². The third-order valence-electron chi connectivity index (χ3n) is 5.64. The maximum atomic E-state index is 12.9. The molecule has 1 aliphatic carbocycles. The van der Waals surface area contributed by atoms with Crippen LogP contribution < -0.4 is 15.4 Å². The van der Waals surface area contributed by atoms with Gasteiger partial charge in [0, 0.05) is 18.9 Å². The van der Waals surface area contributed by atoms with Gasteiger partial charge in [-0.05, 0) is 51.8 Å². The van der Waals surface area contributed by atoms with Crippen LogP contribution in [0.15, 0.2) is 18.2 Å². The summed E-state index contributed by atoms with van der Waals surface area (Å²) in [5, 5.41) is 14.7. The van der Waals surface area contributed by atoms with Crippen LogP contribution in [0.2, 0.25) is 0 Å². The number of ether oxygens (including phenoxy) is 2. The fourth-order valence-electron chi connectivity index (χ4n) is 4.07. The Kier molecular flexibility index (Phi) is 5.58. The Morgan fingerprint density at radius 2 is 1.81 bits per heavy atom. The van der Waals surface area contributed by atoms with Crippen LogP contribution in [0.4, 0.5) is 4.79 Å². The molecule has 1 saturated carbocycles. The van der Waals surface area contributed by atoms with E-state index in [0.717, 1.165) is 4.90 Å². The lowest BCUT2D eigenvalue weighted by Crippen LogP contribution is -2.55. The molecule has 1 aromatic rings. The topological polar surface area (TPSA) is 134 Å². The summed E-state index contributed by atoms with van der Waals surface area (Å²) in [6.45, 7) is 5.39. The Balaban J connectivity index is 1.36. The van der Waals surface area contributed by atoms with Crippen molar-refractivity contribution < 1.29 is 33.8 Å². The number of imide groups is 1. The molecular weight excluding hydrogens is 418 g/mol. The molecule has 1 saturated heterocycles. The molecule has 2 aliphatic heterocycles. The van der Waals surface area contributed by atoms with Gasteiger partial charge >= 0.3 is 6.09 Å². The third kappa shape index (κ3) is 4.40. The number of fused-ring (bicyclic) bond motifs is 1. The number of nitrogens with one attached hydrogen (secondary N) is 2. The van der Waals surface area contributed by atoms with E-state index < -0.39 is 41.7 Å². The van der Waals surface area contributed by atoms with Crippen LogP contribution in [0.3, 0.4) is 0 Å². The molecule has 0 bridgehead atoms. The van der Waals surface area contributed by atoms with Crippen molar-refractivity contribution in [1.29, 1.82) is 0 Å². The van der Waals surface area contributed by atoms with Gasteiger partial charge in [-0.3, -0.25) is 19.3 Å². The Morgan fingerprint density at radius 3 is 2.47 bits per heavy atom. The van der Waals surface area contributed by atoms with Gasteiger partial charge in [0.15, 0.2) is 0 Å². The molecule has 32 heavy (non-hydrogen) atoms. The summed E-state index contributed by atoms with van der Waals surface area (Å²) in [7, 11) is 0. The lowest BCUT2D eigenvalue weighted by molar-refractivity contribution is -0.131. The molecule has 172 valence electrons. The average molecular weight is 445 g/mol. The monoisotopic (exact) mass is 445 g/mol. The minimum Gasteiger partial charge on any atom is -0.490 e. The molecule has 0 spiro atoms. The SMILES string of the molecule is CC(C)(C)OC(=O)NC1CC(Oc2ccc3c(c2)C(=O)N(C2CCC(O)NC2=O)C3=O)C1. The lowest BCUT2D eigenvalue weighted by Gasteiger charge is -2.36. The number of hydrogen-bond acceptors (Lipinski definition) is 7. The molecule has 4 amide bonds. The summed E-state index contributed by atoms with van der Waals surface area (Å²) >= 11 is 0. The largest absolute Gasteiger partial charge is 0.490 e. The number of hydrogen-bond donors (Lipinski definition) is 3. The predicted molar refractivity (Wildman–Crippen MR) is 111 cm³/mol. The van der Waals surface area contributed by atoms with Gasteiger partial charge in [-0.2, -0.15) is 0 Å². The first-order valence-corrected chi connectivity index (χ1v) is 10.7. The first-order chi connectivity index (χ1) is 15.0. The van der Waals surface area contributed by atoms with Crippen LogP contribution in [0.5, 0.6) is 5.75 Å². The molecule has 10 heteroatoms. The Bertz CT molecular complexity index is 965. The van der Waals surface area contributed by atoms with E-state index in [9.17, 15) is 24.3 Å². The standard InChI is InChI=1S/C22H27N3O7/c1-22(2,3)32-21(30)23-11-8-13(9-11)31-12-4-5-14-15(10-12)20(29)25(19(14)28)16-6-7-17(26)24-18(16)27/h4-5,10-11,13,16-17,26H,6-9H2,1-3H3,(H,23,30)(H,24,27). The number of aliphatic hydroxyl groups is 1. The predicted octanol–water partition coefficient (Wildman–Crippen LogP) is 1.31. The highest BCUT2D eigenvalue weighted by atomic mass is 16.6. The van der Waals surface area contributed by atoms with Crippen molar-refractivity contribution >= 4 is 23.8 Å². The molecule has 2 fully saturated rings. The maximum absolute atomic E-state index is 12.9. The lowest BCUT2D eigenvalue weighted by atomic mass is 9.89. The molecule has 0 aromatic heterocycles. The highest BCUT2D eigenvalue weighted by Crippen LogP contribution is 2.32. The second kappa shape index (κ2) is 8.09. The van der Waals surface area contributed by atoms with Gasteiger partial charge in [-0.15, -0.1) is 0 Å². The molecule has 2 atom stereocenters. The number of aliphatic hydroxyl groups excluding tert-OH is 1. The minimum absolute atomic E-state index is 0.0526. The van der Waals surface area contributed by atoms with Crippen LogP contribution in [-0.2, 0) is 9.53 Å². The van der Waals surface area contributed by atoms with E-state index in [1.54, 1.807) is 26.8 Å². The number of piperidine rings is 1. The van der Waals surface area contributed by atoms with E-state index in [1.165, 1.54) is 12.1 Å². The zero-order valence-electron chi connectivity index (χ0n) is 18.2. The van der Waals surface area contributed by atoms with Gasteiger partial charge in [0.2, 0.25) is 5.91 Å². The second-order valence-electron chi connectivity index (χ2n) is 9.36. The van der Waals surface area contributed by atoms with Gasteiger partial charge in [-0.1, -0.05) is 0 Å². The quantitative estimate of drug-likeness (QED) is 0.595. The maximum Gasteiger partial charge on any atom is 0.407 e. The highest BCUT2D eigenvalue weighted by molar-refractivity contribution is 6.23. The fourth-order valence-corrected chi connectivity index (χ4v) is 4.07. The number of alkyl carbamates (subject to hydrolysis) is 1. The van der Waals surface area contributed by atoms with Crippen molar-refractivity contribution in [3.8, 4) is 5.75 Å².